The maximum atomic E-state index is 6.35. The van der Waals surface area contributed by atoms with Crippen LogP contribution in [0.1, 0.15) is 0 Å². The molecule has 0 fully saturated rings. The van der Waals surface area contributed by atoms with E-state index in [1.807, 2.05) is 140 Å². The highest BCUT2D eigenvalue weighted by molar-refractivity contribution is 6.16. The van der Waals surface area contributed by atoms with Crippen LogP contribution < -0.4 is 0 Å². The van der Waals surface area contributed by atoms with Crippen LogP contribution in [0.3, 0.4) is 0 Å². The molecule has 0 aliphatic rings. The molecule has 0 spiro atoms. The van der Waals surface area contributed by atoms with E-state index < -0.39 is 0 Å². The van der Waals surface area contributed by atoms with Crippen molar-refractivity contribution in [1.82, 2.24) is 34.5 Å². The molecular weight excluding hydrogens is 763 g/mol. The lowest BCUT2D eigenvalue weighted by Gasteiger charge is -2.11. The number of fused-ring (bicyclic) bond motifs is 6. The van der Waals surface area contributed by atoms with Gasteiger partial charge in [0.2, 0.25) is 5.95 Å². The van der Waals surface area contributed by atoms with Crippen LogP contribution in [-0.2, 0) is 0 Å². The van der Waals surface area contributed by atoms with Crippen LogP contribution in [0.15, 0.2) is 205 Å². The van der Waals surface area contributed by atoms with Gasteiger partial charge in [-0.15, -0.1) is 0 Å². The fraction of sp³-hybridized carbons (Fsp3) is 0. The smallest absolute Gasteiger partial charge is 0.238 e. The van der Waals surface area contributed by atoms with Gasteiger partial charge in [0.15, 0.2) is 29.1 Å². The number of hydrogen-bond acceptors (Lipinski definition) is 7. The summed E-state index contributed by atoms with van der Waals surface area (Å²) in [5, 5.41) is 4.13. The number of nitrogens with zero attached hydrogens (tertiary/aromatic N) is 7. The number of furan rings is 1. The zero-order chi connectivity index (χ0) is 41.0. The van der Waals surface area contributed by atoms with E-state index in [2.05, 4.69) is 65.2 Å². The minimum atomic E-state index is 0.497. The molecule has 8 aromatic carbocycles. The van der Waals surface area contributed by atoms with E-state index in [1.54, 1.807) is 0 Å². The molecule has 62 heavy (non-hydrogen) atoms. The Morgan fingerprint density at radius 3 is 1.39 bits per heavy atom. The van der Waals surface area contributed by atoms with Gasteiger partial charge in [0.25, 0.3) is 0 Å². The van der Waals surface area contributed by atoms with Crippen molar-refractivity contribution in [2.45, 2.75) is 0 Å². The summed E-state index contributed by atoms with van der Waals surface area (Å²) in [7, 11) is 0. The van der Waals surface area contributed by atoms with Gasteiger partial charge in [-0.3, -0.25) is 4.57 Å². The standard InChI is InChI=1S/C54H33N7O/c1-5-16-34(17-6-1)49-55-50(35-18-7-2-8-19-35)58-53(57-49)42-25-15-26-45-48(42)43-32-38(39-28-30-41-40-24-13-14-27-46(40)62-47(41)33-39)29-31-44(43)61(45)54-59-51(36-20-9-3-10-21-36)56-52(60-54)37-22-11-4-12-23-37/h1-33H. The zero-order valence-corrected chi connectivity index (χ0v) is 33.1. The molecule has 0 atom stereocenters. The maximum Gasteiger partial charge on any atom is 0.238 e. The topological polar surface area (TPSA) is 95.4 Å². The summed E-state index contributed by atoms with van der Waals surface area (Å²) in [5.41, 5.74) is 10.0. The Bertz CT molecular complexity index is 3510. The molecule has 0 aliphatic carbocycles. The first-order valence-corrected chi connectivity index (χ1v) is 20.5. The molecule has 0 unspecified atom stereocenters. The molecule has 8 nitrogen and oxygen atoms in total. The molecular formula is C54H33N7O. The van der Waals surface area contributed by atoms with E-state index in [1.165, 1.54) is 0 Å². The summed E-state index contributed by atoms with van der Waals surface area (Å²) in [6.45, 7) is 0. The molecule has 0 saturated carbocycles. The Hall–Kier alpha value is -8.62. The molecule has 12 aromatic rings. The third-order valence-electron chi connectivity index (χ3n) is 11.3. The van der Waals surface area contributed by atoms with Crippen molar-refractivity contribution in [3.05, 3.63) is 200 Å². The molecule has 12 rings (SSSR count). The van der Waals surface area contributed by atoms with Gasteiger partial charge in [-0.2, -0.15) is 9.97 Å². The Morgan fingerprint density at radius 2 is 0.790 bits per heavy atom. The van der Waals surface area contributed by atoms with Crippen LogP contribution in [0.25, 0.3) is 118 Å². The van der Waals surface area contributed by atoms with E-state index in [-0.39, 0.29) is 0 Å². The SMILES string of the molecule is c1ccc(-c2nc(-c3ccccc3)nc(-c3cccc4c3c3cc(-c5ccc6c(c5)oc5ccccc56)ccc3n4-c3nc(-c4ccccc4)nc(-c4ccccc4)n3)n2)cc1. The van der Waals surface area contributed by atoms with Crippen molar-refractivity contribution >= 4 is 43.7 Å². The number of rotatable bonds is 7. The summed E-state index contributed by atoms with van der Waals surface area (Å²) in [5.74, 6) is 3.39. The van der Waals surface area contributed by atoms with Gasteiger partial charge in [-0.25, -0.2) is 19.9 Å². The first-order chi connectivity index (χ1) is 30.7. The summed E-state index contributed by atoms with van der Waals surface area (Å²) in [6, 6.07) is 67.6. The molecule has 4 aromatic heterocycles. The second kappa shape index (κ2) is 14.6. The molecule has 4 heterocycles. The Kier molecular flexibility index (Phi) is 8.31. The van der Waals surface area contributed by atoms with Gasteiger partial charge < -0.3 is 4.42 Å². The molecule has 290 valence electrons. The number of hydrogen-bond donors (Lipinski definition) is 0. The quantitative estimate of drug-likeness (QED) is 0.158. The van der Waals surface area contributed by atoms with E-state index in [0.717, 1.165) is 82.7 Å². The minimum absolute atomic E-state index is 0.497. The first-order valence-electron chi connectivity index (χ1n) is 20.5. The van der Waals surface area contributed by atoms with Gasteiger partial charge in [0, 0.05) is 49.4 Å². The van der Waals surface area contributed by atoms with Crippen LogP contribution in [0.4, 0.5) is 0 Å². The van der Waals surface area contributed by atoms with E-state index in [9.17, 15) is 0 Å². The lowest BCUT2D eigenvalue weighted by molar-refractivity contribution is 0.669. The van der Waals surface area contributed by atoms with Gasteiger partial charge in [0.1, 0.15) is 11.2 Å². The Labute approximate surface area is 355 Å². The molecule has 8 heteroatoms. The Balaban J connectivity index is 1.14. The minimum Gasteiger partial charge on any atom is -0.456 e. The highest BCUT2D eigenvalue weighted by Crippen LogP contribution is 2.41. The fourth-order valence-electron chi connectivity index (χ4n) is 8.38. The van der Waals surface area contributed by atoms with Crippen LogP contribution in [0.2, 0.25) is 0 Å². The summed E-state index contributed by atoms with van der Waals surface area (Å²) in [6.07, 6.45) is 0. The number of benzene rings is 8. The van der Waals surface area contributed by atoms with Gasteiger partial charge in [-0.05, 0) is 47.5 Å². The van der Waals surface area contributed by atoms with Crippen molar-refractivity contribution in [2.24, 2.45) is 0 Å². The predicted octanol–water partition coefficient (Wildman–Crippen LogP) is 13.1. The van der Waals surface area contributed by atoms with Crippen molar-refractivity contribution in [3.8, 4) is 74.0 Å². The maximum absolute atomic E-state index is 6.35. The molecule has 0 aliphatic heterocycles. The molecule has 0 amide bonds. The van der Waals surface area contributed by atoms with Crippen LogP contribution >= 0.6 is 0 Å². The average molecular weight is 796 g/mol. The normalized spacial score (nSPS) is 11.5. The van der Waals surface area contributed by atoms with Crippen LogP contribution in [-0.4, -0.2) is 34.5 Å². The third-order valence-corrected chi connectivity index (χ3v) is 11.3. The van der Waals surface area contributed by atoms with Crippen LogP contribution in [0.5, 0.6) is 0 Å². The van der Waals surface area contributed by atoms with Gasteiger partial charge in [0.05, 0.1) is 11.0 Å². The van der Waals surface area contributed by atoms with Gasteiger partial charge >= 0.3 is 0 Å². The second-order valence-corrected chi connectivity index (χ2v) is 15.1. The predicted molar refractivity (Wildman–Crippen MR) is 247 cm³/mol. The van der Waals surface area contributed by atoms with Crippen molar-refractivity contribution in [1.29, 1.82) is 0 Å². The monoisotopic (exact) mass is 795 g/mol. The lowest BCUT2D eigenvalue weighted by Crippen LogP contribution is -2.06. The highest BCUT2D eigenvalue weighted by Gasteiger charge is 2.23. The average Bonchev–Trinajstić information content (AvgIpc) is 3.90. The van der Waals surface area contributed by atoms with E-state index in [0.29, 0.717) is 35.1 Å². The molecule has 0 saturated heterocycles. The first kappa shape index (κ1) is 35.3. The summed E-state index contributed by atoms with van der Waals surface area (Å²) in [4.78, 5) is 30.8. The van der Waals surface area contributed by atoms with Crippen molar-refractivity contribution in [2.75, 3.05) is 0 Å². The van der Waals surface area contributed by atoms with Crippen molar-refractivity contribution in [3.63, 3.8) is 0 Å². The summed E-state index contributed by atoms with van der Waals surface area (Å²) < 4.78 is 8.49. The molecule has 0 N–H and O–H groups in total. The van der Waals surface area contributed by atoms with E-state index >= 15 is 0 Å². The lowest BCUT2D eigenvalue weighted by atomic mass is 9.99. The zero-order valence-electron chi connectivity index (χ0n) is 33.1. The highest BCUT2D eigenvalue weighted by atomic mass is 16.3. The molecule has 0 radical (unpaired) electrons. The fourth-order valence-corrected chi connectivity index (χ4v) is 8.38. The second-order valence-electron chi connectivity index (χ2n) is 15.1. The van der Waals surface area contributed by atoms with Crippen molar-refractivity contribution < 1.29 is 4.42 Å². The third kappa shape index (κ3) is 6.09. The van der Waals surface area contributed by atoms with E-state index in [4.69, 9.17) is 34.3 Å². The number of para-hydroxylation sites is 1. The number of aromatic nitrogens is 7. The van der Waals surface area contributed by atoms with Crippen LogP contribution in [0, 0.1) is 0 Å². The molecule has 0 bridgehead atoms. The summed E-state index contributed by atoms with van der Waals surface area (Å²) >= 11 is 0. The largest absolute Gasteiger partial charge is 0.456 e. The Morgan fingerprint density at radius 1 is 0.306 bits per heavy atom. The van der Waals surface area contributed by atoms with Gasteiger partial charge in [-0.1, -0.05) is 164 Å².